The zero-order valence-corrected chi connectivity index (χ0v) is 39.4. The van der Waals surface area contributed by atoms with E-state index < -0.39 is 89.6 Å². The van der Waals surface area contributed by atoms with Crippen molar-refractivity contribution < 1.29 is 43.2 Å². The molecular formula is C42H77N9O9. The van der Waals surface area contributed by atoms with Gasteiger partial charge in [-0.2, -0.15) is 0 Å². The molecule has 10 amide bonds. The molecule has 0 spiro atoms. The first-order chi connectivity index (χ1) is 27.6. The van der Waals surface area contributed by atoms with E-state index >= 15 is 0 Å². The molecule has 0 aromatic rings. The van der Waals surface area contributed by atoms with Crippen molar-refractivity contribution in [3.05, 3.63) is 0 Å². The van der Waals surface area contributed by atoms with Gasteiger partial charge in [0.05, 0.1) is 6.54 Å². The Kier molecular flexibility index (Phi) is 23.7. The molecular weight excluding hydrogens is 775 g/mol. The second-order valence-corrected chi connectivity index (χ2v) is 17.5. The van der Waals surface area contributed by atoms with Crippen LogP contribution in [0.15, 0.2) is 0 Å². The first-order valence-corrected chi connectivity index (χ1v) is 21.1. The highest BCUT2D eigenvalue weighted by atomic mass is 16.2. The molecule has 0 fully saturated rings. The summed E-state index contributed by atoms with van der Waals surface area (Å²) in [5.74, 6) is -4.71. The van der Waals surface area contributed by atoms with Gasteiger partial charge >= 0.3 is 6.03 Å². The number of carbonyl (C=O) groups is 9. The largest absolute Gasteiger partial charge is 0.343 e. The fraction of sp³-hybridized carbons (Fsp3) is 0.786. The Hall–Kier alpha value is -4.77. The third kappa shape index (κ3) is 17.1. The van der Waals surface area contributed by atoms with Crippen LogP contribution >= 0.6 is 0 Å². The van der Waals surface area contributed by atoms with Crippen molar-refractivity contribution in [2.24, 2.45) is 23.7 Å². The zero-order chi connectivity index (χ0) is 46.9. The Labute approximate surface area is 358 Å². The summed E-state index contributed by atoms with van der Waals surface area (Å²) in [5, 5.41) is 10.5. The summed E-state index contributed by atoms with van der Waals surface area (Å²) in [5.41, 5.74) is 0. The molecule has 0 aromatic heterocycles. The number of hydrogen-bond acceptors (Lipinski definition) is 9. The number of rotatable bonds is 23. The van der Waals surface area contributed by atoms with Crippen LogP contribution < -0.4 is 21.3 Å². The predicted octanol–water partition coefficient (Wildman–Crippen LogP) is 1.81. The summed E-state index contributed by atoms with van der Waals surface area (Å²) in [6, 6.07) is -6.96. The Balaban J connectivity index is 6.16. The topological polar surface area (TPSA) is 218 Å². The van der Waals surface area contributed by atoms with E-state index in [1.165, 1.54) is 75.7 Å². The van der Waals surface area contributed by atoms with Gasteiger partial charge in [-0.3, -0.25) is 43.3 Å². The minimum Gasteiger partial charge on any atom is -0.343 e. The summed E-state index contributed by atoms with van der Waals surface area (Å²) in [7, 11) is 8.62. The maximum absolute atomic E-state index is 14.2. The second kappa shape index (κ2) is 25.8. The van der Waals surface area contributed by atoms with Crippen LogP contribution in [0.25, 0.3) is 0 Å². The van der Waals surface area contributed by atoms with Crippen molar-refractivity contribution in [2.45, 2.75) is 145 Å². The first kappa shape index (κ1) is 55.2. The molecule has 0 radical (unpaired) electrons. The van der Waals surface area contributed by atoms with Crippen LogP contribution in [0.3, 0.4) is 0 Å². The molecule has 0 aliphatic carbocycles. The van der Waals surface area contributed by atoms with Gasteiger partial charge in [-0.15, -0.1) is 0 Å². The first-order valence-electron chi connectivity index (χ1n) is 21.1. The summed E-state index contributed by atoms with van der Waals surface area (Å²) in [6.07, 6.45) is 1.69. The molecule has 0 aliphatic rings. The Morgan fingerprint density at radius 2 is 0.933 bits per heavy atom. The van der Waals surface area contributed by atoms with Gasteiger partial charge in [0.2, 0.25) is 41.4 Å². The predicted molar refractivity (Wildman–Crippen MR) is 230 cm³/mol. The molecule has 0 aliphatic heterocycles. The molecule has 344 valence electrons. The van der Waals surface area contributed by atoms with Crippen molar-refractivity contribution in [1.82, 2.24) is 45.8 Å². The van der Waals surface area contributed by atoms with Crippen LogP contribution in [0.2, 0.25) is 0 Å². The highest BCUT2D eigenvalue weighted by Gasteiger charge is 2.38. The minimum atomic E-state index is -1.15. The SMILES string of the molecule is CCCC(=O)N(C)CC(=O)N(C)[C@@H](CC(C)C)C(=O)N[C@H](C(=O)N(C)[C@@H](CC(C)C)C(=O)N[C@@H](C)C(=O)N[C@@H](C)C(=O)N(C)[C@@H](CC(C)C)C(=O)N(C)C(=O)NC)C(C)C. The lowest BCUT2D eigenvalue weighted by Gasteiger charge is -2.35. The fourth-order valence-corrected chi connectivity index (χ4v) is 6.49. The van der Waals surface area contributed by atoms with E-state index in [1.54, 1.807) is 13.8 Å². The minimum absolute atomic E-state index is 0.0000659. The van der Waals surface area contributed by atoms with Crippen molar-refractivity contribution >= 4 is 53.3 Å². The molecule has 0 bridgehead atoms. The molecule has 18 heteroatoms. The molecule has 18 nitrogen and oxygen atoms in total. The van der Waals surface area contributed by atoms with Gasteiger partial charge in [-0.1, -0.05) is 62.3 Å². The van der Waals surface area contributed by atoms with E-state index in [2.05, 4.69) is 21.3 Å². The van der Waals surface area contributed by atoms with Gasteiger partial charge in [0.1, 0.15) is 36.3 Å². The Bertz CT molecular complexity index is 1500. The molecule has 0 saturated carbocycles. The molecule has 60 heavy (non-hydrogen) atoms. The van der Waals surface area contributed by atoms with Crippen molar-refractivity contribution in [1.29, 1.82) is 0 Å². The molecule has 0 saturated heterocycles. The van der Waals surface area contributed by atoms with Gasteiger partial charge in [-0.25, -0.2) is 4.79 Å². The average Bonchev–Trinajstić information content (AvgIpc) is 3.16. The number of amides is 10. The Morgan fingerprint density at radius 3 is 1.38 bits per heavy atom. The highest BCUT2D eigenvalue weighted by Crippen LogP contribution is 2.18. The smallest absolute Gasteiger partial charge is 0.323 e. The van der Waals surface area contributed by atoms with Crippen LogP contribution in [0.5, 0.6) is 0 Å². The number of imide groups is 1. The van der Waals surface area contributed by atoms with Crippen LogP contribution in [0.1, 0.15) is 108 Å². The number of hydrogen-bond donors (Lipinski definition) is 4. The fourth-order valence-electron chi connectivity index (χ4n) is 6.49. The van der Waals surface area contributed by atoms with Gasteiger partial charge < -0.3 is 40.9 Å². The summed E-state index contributed by atoms with van der Waals surface area (Å²) >= 11 is 0. The van der Waals surface area contributed by atoms with Gasteiger partial charge in [-0.05, 0) is 63.2 Å². The van der Waals surface area contributed by atoms with Crippen molar-refractivity contribution in [3.63, 3.8) is 0 Å². The average molecular weight is 852 g/mol. The van der Waals surface area contributed by atoms with Gasteiger partial charge in [0, 0.05) is 48.7 Å². The number of urea groups is 1. The van der Waals surface area contributed by atoms with Crippen LogP contribution in [-0.2, 0) is 38.4 Å². The van der Waals surface area contributed by atoms with Crippen molar-refractivity contribution in [3.8, 4) is 0 Å². The van der Waals surface area contributed by atoms with E-state index in [0.717, 1.165) is 4.90 Å². The monoisotopic (exact) mass is 852 g/mol. The maximum atomic E-state index is 14.2. The standard InChI is InChI=1S/C42H77N9O9/c1-18-19-33(52)47(13)23-34(53)48(14)30(20-24(2)3)38(56)46-35(27(8)9)41(59)49(15)31(21-25(4)5)37(55)44-28(10)36(54)45-29(11)39(57)50(16)32(22-26(6)7)40(58)51(17)42(60)43-12/h24-32,35H,18-23H2,1-17H3,(H,43,60)(H,44,55)(H,45,54)(H,46,56)/t28-,29-,30-,31-,32-,35-/m0/s1. The van der Waals surface area contributed by atoms with E-state index in [9.17, 15) is 43.2 Å². The van der Waals surface area contributed by atoms with E-state index in [1.807, 2.05) is 48.5 Å². The van der Waals surface area contributed by atoms with Crippen LogP contribution in [-0.4, -0.2) is 163 Å². The molecule has 4 N–H and O–H groups in total. The third-order valence-electron chi connectivity index (χ3n) is 10.3. The second-order valence-electron chi connectivity index (χ2n) is 17.5. The van der Waals surface area contributed by atoms with E-state index in [0.29, 0.717) is 19.3 Å². The molecule has 6 atom stereocenters. The molecule has 0 unspecified atom stereocenters. The van der Waals surface area contributed by atoms with E-state index in [4.69, 9.17) is 0 Å². The summed E-state index contributed by atoms with van der Waals surface area (Å²) in [6.45, 7) is 19.4. The normalized spacial score (nSPS) is 14.3. The number of nitrogens with zero attached hydrogens (tertiary/aromatic N) is 5. The molecule has 0 rings (SSSR count). The van der Waals surface area contributed by atoms with E-state index in [-0.39, 0.29) is 43.0 Å². The molecule has 0 heterocycles. The number of likely N-dealkylation sites (N-methyl/N-ethyl adjacent to an activating group) is 5. The van der Waals surface area contributed by atoms with Gasteiger partial charge in [0.25, 0.3) is 5.91 Å². The summed E-state index contributed by atoms with van der Waals surface area (Å²) in [4.78, 5) is 126. The number of nitrogens with one attached hydrogen (secondary N) is 4. The van der Waals surface area contributed by atoms with Crippen molar-refractivity contribution in [2.75, 3.05) is 48.8 Å². The third-order valence-corrected chi connectivity index (χ3v) is 10.3. The zero-order valence-electron chi connectivity index (χ0n) is 39.4. The van der Waals surface area contributed by atoms with Gasteiger partial charge in [0.15, 0.2) is 0 Å². The molecule has 0 aromatic carbocycles. The lowest BCUT2D eigenvalue weighted by Crippen LogP contribution is -2.60. The number of carbonyl (C=O) groups excluding carboxylic acids is 9. The maximum Gasteiger partial charge on any atom is 0.323 e. The quantitative estimate of drug-likeness (QED) is 0.118. The van der Waals surface area contributed by atoms with Crippen LogP contribution in [0.4, 0.5) is 4.79 Å². The van der Waals surface area contributed by atoms with Crippen LogP contribution in [0, 0.1) is 23.7 Å². The Morgan fingerprint density at radius 1 is 0.500 bits per heavy atom. The lowest BCUT2D eigenvalue weighted by molar-refractivity contribution is -0.146. The lowest BCUT2D eigenvalue weighted by atomic mass is 9.97. The highest BCUT2D eigenvalue weighted by molar-refractivity contribution is 6.00. The summed E-state index contributed by atoms with van der Waals surface area (Å²) < 4.78 is 0.